The van der Waals surface area contributed by atoms with Gasteiger partial charge in [-0.15, -0.1) is 0 Å². The van der Waals surface area contributed by atoms with E-state index in [2.05, 4.69) is 9.97 Å². The van der Waals surface area contributed by atoms with E-state index in [1.54, 1.807) is 19.2 Å². The van der Waals surface area contributed by atoms with Crippen molar-refractivity contribution in [2.45, 2.75) is 25.9 Å². The van der Waals surface area contributed by atoms with Gasteiger partial charge in [-0.2, -0.15) is 4.31 Å². The highest BCUT2D eigenvalue weighted by Gasteiger charge is 2.28. The van der Waals surface area contributed by atoms with Crippen LogP contribution in [0.25, 0.3) is 0 Å². The highest BCUT2D eigenvalue weighted by Crippen LogP contribution is 2.18. The van der Waals surface area contributed by atoms with Crippen LogP contribution in [0, 0.1) is 0 Å². The molecule has 1 aromatic heterocycles. The van der Waals surface area contributed by atoms with Crippen LogP contribution in [0.1, 0.15) is 19.8 Å². The van der Waals surface area contributed by atoms with Gasteiger partial charge in [0.25, 0.3) is 0 Å². The number of hydrogen-bond acceptors (Lipinski definition) is 5. The summed E-state index contributed by atoms with van der Waals surface area (Å²) < 4.78 is 30.8. The normalized spacial score (nSPS) is 21.7. The molecule has 1 aliphatic heterocycles. The van der Waals surface area contributed by atoms with Crippen LogP contribution >= 0.6 is 0 Å². The molecule has 0 aromatic carbocycles. The zero-order valence-electron chi connectivity index (χ0n) is 10.3. The van der Waals surface area contributed by atoms with E-state index >= 15 is 0 Å². The molecular formula is C11H17N3O3S. The quantitative estimate of drug-likeness (QED) is 0.804. The van der Waals surface area contributed by atoms with E-state index in [-0.39, 0.29) is 11.9 Å². The second-order valence-electron chi connectivity index (χ2n) is 4.19. The first kappa shape index (κ1) is 13.2. The summed E-state index contributed by atoms with van der Waals surface area (Å²) in [5.41, 5.74) is 0. The lowest BCUT2D eigenvalue weighted by Gasteiger charge is -2.31. The Balaban J connectivity index is 1.99. The predicted molar refractivity (Wildman–Crippen MR) is 66.7 cm³/mol. The van der Waals surface area contributed by atoms with Gasteiger partial charge in [-0.1, -0.05) is 0 Å². The molecule has 6 nitrogen and oxygen atoms in total. The minimum absolute atomic E-state index is 0.130. The molecule has 7 heteroatoms. The maximum absolute atomic E-state index is 11.8. The number of ether oxygens (including phenoxy) is 1. The zero-order chi connectivity index (χ0) is 13.0. The van der Waals surface area contributed by atoms with Crippen molar-refractivity contribution in [1.82, 2.24) is 14.3 Å². The van der Waals surface area contributed by atoms with Crippen LogP contribution in [0.15, 0.2) is 18.6 Å². The molecule has 18 heavy (non-hydrogen) atoms. The first-order chi connectivity index (χ1) is 8.62. The Hall–Kier alpha value is -1.21. The van der Waals surface area contributed by atoms with Gasteiger partial charge >= 0.3 is 0 Å². The third kappa shape index (κ3) is 3.17. The van der Waals surface area contributed by atoms with Crippen molar-refractivity contribution in [2.75, 3.05) is 18.8 Å². The average Bonchev–Trinajstić information content (AvgIpc) is 2.40. The Morgan fingerprint density at radius 1 is 1.56 bits per heavy atom. The van der Waals surface area contributed by atoms with Crippen molar-refractivity contribution < 1.29 is 13.2 Å². The van der Waals surface area contributed by atoms with Gasteiger partial charge in [0.15, 0.2) is 0 Å². The van der Waals surface area contributed by atoms with Crippen LogP contribution in [-0.2, 0) is 10.0 Å². The van der Waals surface area contributed by atoms with Crippen molar-refractivity contribution in [2.24, 2.45) is 0 Å². The van der Waals surface area contributed by atoms with Crippen LogP contribution < -0.4 is 4.74 Å². The molecular weight excluding hydrogens is 254 g/mol. The van der Waals surface area contributed by atoms with Crippen molar-refractivity contribution in [1.29, 1.82) is 0 Å². The molecule has 1 unspecified atom stereocenters. The first-order valence-electron chi connectivity index (χ1n) is 6.02. The molecule has 2 rings (SSSR count). The number of sulfonamides is 1. The Bertz CT molecular complexity index is 478. The lowest BCUT2D eigenvalue weighted by molar-refractivity contribution is 0.124. The predicted octanol–water partition coefficient (Wildman–Crippen LogP) is 0.670. The first-order valence-corrected chi connectivity index (χ1v) is 7.63. The van der Waals surface area contributed by atoms with E-state index in [0.717, 1.165) is 12.8 Å². The van der Waals surface area contributed by atoms with Crippen LogP contribution in [0.2, 0.25) is 0 Å². The van der Waals surface area contributed by atoms with Gasteiger partial charge in [0.1, 0.15) is 12.4 Å². The summed E-state index contributed by atoms with van der Waals surface area (Å²) in [5.74, 6) is 0.624. The van der Waals surface area contributed by atoms with Crippen molar-refractivity contribution >= 4 is 10.0 Å². The van der Waals surface area contributed by atoms with Gasteiger partial charge in [0, 0.05) is 18.8 Å². The molecule has 0 N–H and O–H groups in total. The highest BCUT2D eigenvalue weighted by atomic mass is 32.2. The standard InChI is InChI=1S/C11H17N3O3S/c1-2-18(15,16)14-7-3-4-10(8-14)17-11-5-6-12-9-13-11/h5-6,9-10H,2-4,7-8H2,1H3. The number of piperidine rings is 1. The minimum Gasteiger partial charge on any atom is -0.473 e. The largest absolute Gasteiger partial charge is 0.473 e. The zero-order valence-corrected chi connectivity index (χ0v) is 11.1. The molecule has 0 amide bonds. The second kappa shape index (κ2) is 5.62. The summed E-state index contributed by atoms with van der Waals surface area (Å²) in [6.07, 6.45) is 4.55. The molecule has 100 valence electrons. The van der Waals surface area contributed by atoms with Gasteiger partial charge in [-0.3, -0.25) is 0 Å². The molecule has 0 radical (unpaired) electrons. The van der Waals surface area contributed by atoms with E-state index in [4.69, 9.17) is 4.74 Å². The van der Waals surface area contributed by atoms with Crippen molar-refractivity contribution in [3.8, 4) is 5.88 Å². The van der Waals surface area contributed by atoms with Crippen LogP contribution in [0.3, 0.4) is 0 Å². The molecule has 0 saturated carbocycles. The average molecular weight is 271 g/mol. The van der Waals surface area contributed by atoms with Gasteiger partial charge in [-0.25, -0.2) is 18.4 Å². The monoisotopic (exact) mass is 271 g/mol. The summed E-state index contributed by atoms with van der Waals surface area (Å²) in [5, 5.41) is 0. The fourth-order valence-electron chi connectivity index (χ4n) is 1.96. The van der Waals surface area contributed by atoms with E-state index in [1.807, 2.05) is 0 Å². The van der Waals surface area contributed by atoms with Gasteiger partial charge in [-0.05, 0) is 19.8 Å². The molecule has 1 fully saturated rings. The number of rotatable bonds is 4. The molecule has 0 spiro atoms. The second-order valence-corrected chi connectivity index (χ2v) is 6.45. The fourth-order valence-corrected chi connectivity index (χ4v) is 3.12. The van der Waals surface area contributed by atoms with Crippen molar-refractivity contribution in [3.63, 3.8) is 0 Å². The number of aromatic nitrogens is 2. The van der Waals surface area contributed by atoms with Crippen LogP contribution in [0.4, 0.5) is 0 Å². The van der Waals surface area contributed by atoms with E-state index in [0.29, 0.717) is 19.0 Å². The Morgan fingerprint density at radius 3 is 3.06 bits per heavy atom. The van der Waals surface area contributed by atoms with Crippen molar-refractivity contribution in [3.05, 3.63) is 18.6 Å². The number of nitrogens with zero attached hydrogens (tertiary/aromatic N) is 3. The summed E-state index contributed by atoms with van der Waals surface area (Å²) in [6, 6.07) is 1.67. The molecule has 1 atom stereocenters. The fraction of sp³-hybridized carbons (Fsp3) is 0.636. The third-order valence-electron chi connectivity index (χ3n) is 2.94. The molecule has 0 aliphatic carbocycles. The lowest BCUT2D eigenvalue weighted by Crippen LogP contribution is -2.44. The van der Waals surface area contributed by atoms with Gasteiger partial charge in [0.05, 0.1) is 12.3 Å². The van der Waals surface area contributed by atoms with Crippen LogP contribution in [0.5, 0.6) is 5.88 Å². The molecule has 0 bridgehead atoms. The van der Waals surface area contributed by atoms with Gasteiger partial charge < -0.3 is 4.74 Å². The van der Waals surface area contributed by atoms with E-state index < -0.39 is 10.0 Å². The third-order valence-corrected chi connectivity index (χ3v) is 4.79. The number of hydrogen-bond donors (Lipinski definition) is 0. The lowest BCUT2D eigenvalue weighted by atomic mass is 10.1. The van der Waals surface area contributed by atoms with E-state index in [9.17, 15) is 8.42 Å². The summed E-state index contributed by atoms with van der Waals surface area (Å²) in [6.45, 7) is 2.64. The smallest absolute Gasteiger partial charge is 0.216 e. The van der Waals surface area contributed by atoms with Crippen LogP contribution in [-0.4, -0.2) is 47.6 Å². The maximum atomic E-state index is 11.8. The molecule has 1 saturated heterocycles. The molecule has 2 heterocycles. The Kier molecular flexibility index (Phi) is 4.13. The Morgan fingerprint density at radius 2 is 2.39 bits per heavy atom. The SMILES string of the molecule is CCS(=O)(=O)N1CCCC(Oc2ccncn2)C1. The summed E-state index contributed by atoms with van der Waals surface area (Å²) >= 11 is 0. The minimum atomic E-state index is -3.13. The summed E-state index contributed by atoms with van der Waals surface area (Å²) in [7, 11) is -3.13. The molecule has 1 aromatic rings. The van der Waals surface area contributed by atoms with E-state index in [1.165, 1.54) is 10.6 Å². The Labute approximate surface area is 107 Å². The highest BCUT2D eigenvalue weighted by molar-refractivity contribution is 7.89. The van der Waals surface area contributed by atoms with Gasteiger partial charge in [0.2, 0.25) is 15.9 Å². The maximum Gasteiger partial charge on any atom is 0.216 e. The topological polar surface area (TPSA) is 72.4 Å². The summed E-state index contributed by atoms with van der Waals surface area (Å²) in [4.78, 5) is 7.79. The molecule has 1 aliphatic rings.